The lowest BCUT2D eigenvalue weighted by molar-refractivity contribution is -0.187. The van der Waals surface area contributed by atoms with Gasteiger partial charge in [-0.3, -0.25) is 19.4 Å². The second kappa shape index (κ2) is 8.84. The topological polar surface area (TPSA) is 76.6 Å². The van der Waals surface area contributed by atoms with Crippen molar-refractivity contribution in [2.45, 2.75) is 56.8 Å². The van der Waals surface area contributed by atoms with E-state index in [9.17, 15) is 14.7 Å². The molecule has 3 aliphatic heterocycles. The smallest absolute Gasteiger partial charge is 0.412 e. The third-order valence-corrected chi connectivity index (χ3v) is 8.04. The van der Waals surface area contributed by atoms with E-state index >= 15 is 0 Å². The van der Waals surface area contributed by atoms with Crippen LogP contribution >= 0.6 is 0 Å². The Balaban J connectivity index is 1.37. The molecule has 2 aromatic rings. The maximum Gasteiger partial charge on any atom is 0.412 e. The summed E-state index contributed by atoms with van der Waals surface area (Å²) < 4.78 is 0. The van der Waals surface area contributed by atoms with Crippen LogP contribution in [0.3, 0.4) is 0 Å². The minimum atomic E-state index is -1.13. The van der Waals surface area contributed by atoms with Gasteiger partial charge in [-0.15, -0.1) is 0 Å². The number of benzene rings is 2. The fraction of sp³-hybridized carbons (Fsp3) is 0.481. The first kappa shape index (κ1) is 23.6. The molecule has 0 saturated carbocycles. The average molecular weight is 479 g/mol. The van der Waals surface area contributed by atoms with Crippen molar-refractivity contribution in [1.82, 2.24) is 9.96 Å². The molecule has 2 amide bonds. The molecular formula is C27H34N4O4. The minimum Gasteiger partial charge on any atom is -0.465 e. The normalized spacial score (nSPS) is 27.9. The molecule has 35 heavy (non-hydrogen) atoms. The summed E-state index contributed by atoms with van der Waals surface area (Å²) >= 11 is 0. The monoisotopic (exact) mass is 478 g/mol. The van der Waals surface area contributed by atoms with Gasteiger partial charge in [0.1, 0.15) is 6.04 Å². The highest BCUT2D eigenvalue weighted by atomic mass is 16.7. The molecule has 2 saturated heterocycles. The Bertz CT molecular complexity index is 1130. The molecule has 0 aromatic heterocycles. The molecule has 0 radical (unpaired) electrons. The van der Waals surface area contributed by atoms with Crippen LogP contribution in [0.2, 0.25) is 0 Å². The van der Waals surface area contributed by atoms with Crippen molar-refractivity contribution < 1.29 is 19.5 Å². The van der Waals surface area contributed by atoms with Crippen molar-refractivity contribution in [2.24, 2.45) is 0 Å². The summed E-state index contributed by atoms with van der Waals surface area (Å²) in [5.74, 6) is -0.310. The summed E-state index contributed by atoms with van der Waals surface area (Å²) in [6.45, 7) is 5.51. The third-order valence-electron chi connectivity index (χ3n) is 8.04. The number of carboxylic acid groups (broad SMARTS) is 1. The molecule has 186 valence electrons. The predicted molar refractivity (Wildman–Crippen MR) is 135 cm³/mol. The zero-order chi connectivity index (χ0) is 24.9. The highest BCUT2D eigenvalue weighted by Gasteiger charge is 2.52. The van der Waals surface area contributed by atoms with E-state index in [1.54, 1.807) is 0 Å². The van der Waals surface area contributed by atoms with Crippen molar-refractivity contribution in [3.05, 3.63) is 59.7 Å². The van der Waals surface area contributed by atoms with Crippen LogP contribution in [0.1, 0.15) is 37.8 Å². The molecule has 2 fully saturated rings. The highest BCUT2D eigenvalue weighted by Crippen LogP contribution is 2.52. The van der Waals surface area contributed by atoms with Crippen molar-refractivity contribution >= 4 is 23.4 Å². The van der Waals surface area contributed by atoms with Crippen molar-refractivity contribution in [3.8, 4) is 0 Å². The number of hydroxylamine groups is 2. The molecule has 8 heteroatoms. The zero-order valence-electron chi connectivity index (χ0n) is 20.8. The maximum absolute atomic E-state index is 13.3. The minimum absolute atomic E-state index is 0.0847. The fourth-order valence-electron chi connectivity index (χ4n) is 6.33. The Labute approximate surface area is 206 Å². The van der Waals surface area contributed by atoms with Gasteiger partial charge in [0.25, 0.3) is 5.91 Å². The van der Waals surface area contributed by atoms with Gasteiger partial charge in [0.2, 0.25) is 0 Å². The summed E-state index contributed by atoms with van der Waals surface area (Å²) in [6.07, 6.45) is 1.18. The first-order valence-corrected chi connectivity index (χ1v) is 12.3. The summed E-state index contributed by atoms with van der Waals surface area (Å²) in [4.78, 5) is 37.5. The van der Waals surface area contributed by atoms with Gasteiger partial charge < -0.3 is 10.0 Å². The van der Waals surface area contributed by atoms with Gasteiger partial charge in [-0.2, -0.15) is 0 Å². The molecule has 0 aliphatic carbocycles. The van der Waals surface area contributed by atoms with E-state index in [0.717, 1.165) is 29.8 Å². The molecule has 4 atom stereocenters. The molecule has 5 rings (SSSR count). The van der Waals surface area contributed by atoms with Gasteiger partial charge >= 0.3 is 6.09 Å². The molecule has 1 N–H and O–H groups in total. The van der Waals surface area contributed by atoms with Crippen molar-refractivity contribution in [1.29, 1.82) is 0 Å². The average Bonchev–Trinajstić information content (AvgIpc) is 3.37. The second-order valence-electron chi connectivity index (χ2n) is 10.3. The fourth-order valence-corrected chi connectivity index (χ4v) is 6.33. The van der Waals surface area contributed by atoms with Gasteiger partial charge in [0.15, 0.2) is 0 Å². The summed E-state index contributed by atoms with van der Waals surface area (Å²) in [6, 6.07) is 14.7. The second-order valence-corrected chi connectivity index (χ2v) is 10.3. The van der Waals surface area contributed by atoms with E-state index in [-0.39, 0.29) is 23.5 Å². The highest BCUT2D eigenvalue weighted by molar-refractivity contribution is 5.98. The van der Waals surface area contributed by atoms with Crippen LogP contribution in [0.5, 0.6) is 0 Å². The lowest BCUT2D eigenvalue weighted by atomic mass is 9.81. The molecule has 3 aliphatic rings. The van der Waals surface area contributed by atoms with Crippen LogP contribution in [0.4, 0.5) is 16.2 Å². The first-order chi connectivity index (χ1) is 16.7. The van der Waals surface area contributed by atoms with Gasteiger partial charge in [0, 0.05) is 36.8 Å². The molecule has 3 heterocycles. The number of carbonyl (C=O) groups is 2. The lowest BCUT2D eigenvalue weighted by Crippen LogP contribution is -2.45. The van der Waals surface area contributed by atoms with Crippen molar-refractivity contribution in [3.63, 3.8) is 0 Å². The Morgan fingerprint density at radius 2 is 1.94 bits per heavy atom. The quantitative estimate of drug-likeness (QED) is 0.682. The Morgan fingerprint density at radius 1 is 1.20 bits per heavy atom. The molecular weight excluding hydrogens is 444 g/mol. The molecule has 1 unspecified atom stereocenters. The van der Waals surface area contributed by atoms with Gasteiger partial charge in [-0.25, -0.2) is 9.86 Å². The molecule has 2 aromatic carbocycles. The predicted octanol–water partition coefficient (Wildman–Crippen LogP) is 3.70. The SMILES string of the molecule is C[C@H]1C[C@@H](N(C(=O)O)c2ccc3c(c2)[C@]2(C)CCN(C)C2N3C)C(=O)N1OCCc1ccccc1. The first-order valence-electron chi connectivity index (χ1n) is 12.3. The van der Waals surface area contributed by atoms with E-state index < -0.39 is 12.1 Å². The number of rotatable bonds is 6. The van der Waals surface area contributed by atoms with Gasteiger partial charge in [-0.1, -0.05) is 37.3 Å². The number of likely N-dealkylation sites (N-methyl/N-ethyl adjacent to an activating group) is 2. The Hall–Kier alpha value is -3.10. The van der Waals surface area contributed by atoms with Crippen LogP contribution in [-0.2, 0) is 21.5 Å². The largest absolute Gasteiger partial charge is 0.465 e. The molecule has 8 nitrogen and oxygen atoms in total. The number of hydrogen-bond acceptors (Lipinski definition) is 5. The Kier molecular flexibility index (Phi) is 5.97. The van der Waals surface area contributed by atoms with Gasteiger partial charge in [-0.05, 0) is 56.1 Å². The maximum atomic E-state index is 13.3. The molecule has 0 bridgehead atoms. The van der Waals surface area contributed by atoms with E-state index in [1.165, 1.54) is 9.96 Å². The van der Waals surface area contributed by atoms with E-state index in [1.807, 2.05) is 55.5 Å². The number of fused-ring (bicyclic) bond motifs is 3. The molecule has 0 spiro atoms. The van der Waals surface area contributed by atoms with E-state index in [4.69, 9.17) is 4.84 Å². The number of likely N-dealkylation sites (tertiary alicyclic amines) is 1. The van der Waals surface area contributed by atoms with Crippen LogP contribution < -0.4 is 9.80 Å². The van der Waals surface area contributed by atoms with Crippen LogP contribution in [0.15, 0.2) is 48.5 Å². The van der Waals surface area contributed by atoms with Gasteiger partial charge in [0.05, 0.1) is 18.8 Å². The standard InChI is InChI=1S/C27H34N4O4/c1-18-16-23(24(32)31(18)35-15-12-19-8-6-5-7-9-19)30(26(33)34)20-10-11-22-21(17-20)27(2)13-14-28(3)25(27)29(22)4/h5-11,17-18,23,25H,12-16H2,1-4H3,(H,33,34)/t18-,23+,25?,27-/m0/s1. The summed E-state index contributed by atoms with van der Waals surface area (Å²) in [5.41, 5.74) is 3.85. The van der Waals surface area contributed by atoms with E-state index in [0.29, 0.717) is 25.1 Å². The number of nitrogens with zero attached hydrogens (tertiary/aromatic N) is 4. The number of carbonyl (C=O) groups excluding carboxylic acids is 1. The summed E-state index contributed by atoms with van der Waals surface area (Å²) in [7, 11) is 4.23. The third kappa shape index (κ3) is 3.85. The zero-order valence-corrected chi connectivity index (χ0v) is 20.8. The summed E-state index contributed by atoms with van der Waals surface area (Å²) in [5, 5.41) is 11.6. The van der Waals surface area contributed by atoms with E-state index in [2.05, 4.69) is 30.8 Å². The van der Waals surface area contributed by atoms with Crippen LogP contribution in [0, 0.1) is 0 Å². The van der Waals surface area contributed by atoms with Crippen LogP contribution in [0.25, 0.3) is 0 Å². The Morgan fingerprint density at radius 3 is 2.66 bits per heavy atom. The lowest BCUT2D eigenvalue weighted by Gasteiger charge is -2.32. The van der Waals surface area contributed by atoms with Crippen molar-refractivity contribution in [2.75, 3.05) is 37.0 Å². The number of amides is 2. The number of hydrogen-bond donors (Lipinski definition) is 1. The van der Waals surface area contributed by atoms with Crippen LogP contribution in [-0.4, -0.2) is 72.6 Å². The number of anilines is 2.